The van der Waals surface area contributed by atoms with Gasteiger partial charge in [0.25, 0.3) is 0 Å². The zero-order valence-electron chi connectivity index (χ0n) is 20.9. The van der Waals surface area contributed by atoms with Gasteiger partial charge in [0.2, 0.25) is 0 Å². The van der Waals surface area contributed by atoms with Crippen LogP contribution in [-0.4, -0.2) is 49.1 Å². The quantitative estimate of drug-likeness (QED) is 0.132. The molecule has 1 atom stereocenters. The summed E-state index contributed by atoms with van der Waals surface area (Å²) < 4.78 is 0. The first-order chi connectivity index (χ1) is 14.0. The van der Waals surface area contributed by atoms with E-state index in [4.69, 9.17) is 0 Å². The van der Waals surface area contributed by atoms with Crippen molar-refractivity contribution in [1.29, 1.82) is 0 Å². The summed E-state index contributed by atoms with van der Waals surface area (Å²) in [5.74, 6) is -2.75. The first kappa shape index (κ1) is 36.4. The van der Waals surface area contributed by atoms with E-state index < -0.39 is 24.4 Å². The van der Waals surface area contributed by atoms with Crippen molar-refractivity contribution >= 4 is 11.9 Å². The van der Waals surface area contributed by atoms with Crippen LogP contribution in [0.25, 0.3) is 0 Å². The standard InChI is InChI=1S/C23H46N2O4.2Na/c1-3-25(4-2)19-17-15-13-11-9-7-5-6-8-10-12-14-16-18-24-21(23(28)29)20-22(26)27;;/h21,24H,3-20H2,1-2H3,(H,26,27)(H,28,29);;/q;2*+1/p-2. The molecular weight excluding hydrogens is 414 g/mol. The Hall–Kier alpha value is 0.860. The number of carbonyl (C=O) groups is 2. The SMILES string of the molecule is CCN(CC)CCCCCCCCCCCCCCCNC(CC(=O)[O-])C(=O)[O-].[Na+].[Na+]. The largest absolute Gasteiger partial charge is 1.00 e. The van der Waals surface area contributed by atoms with Gasteiger partial charge < -0.3 is 30.0 Å². The average Bonchev–Trinajstić information content (AvgIpc) is 2.69. The molecule has 8 heteroatoms. The Morgan fingerprint density at radius 2 is 1.10 bits per heavy atom. The normalized spacial score (nSPS) is 11.6. The zero-order chi connectivity index (χ0) is 21.7. The molecule has 0 amide bonds. The number of carboxylic acid groups (broad SMARTS) is 2. The summed E-state index contributed by atoms with van der Waals surface area (Å²) in [4.78, 5) is 23.8. The molecular formula is C23H44N2Na2O4. The van der Waals surface area contributed by atoms with E-state index in [0.29, 0.717) is 6.54 Å². The van der Waals surface area contributed by atoms with Gasteiger partial charge in [-0.3, -0.25) is 0 Å². The molecule has 0 spiro atoms. The van der Waals surface area contributed by atoms with E-state index in [2.05, 4.69) is 24.1 Å². The molecule has 31 heavy (non-hydrogen) atoms. The number of carboxylic acids is 2. The maximum absolute atomic E-state index is 10.8. The van der Waals surface area contributed by atoms with E-state index in [1.165, 1.54) is 83.8 Å². The Morgan fingerprint density at radius 3 is 1.45 bits per heavy atom. The Morgan fingerprint density at radius 1 is 0.710 bits per heavy atom. The van der Waals surface area contributed by atoms with Crippen molar-refractivity contribution in [3.63, 3.8) is 0 Å². The first-order valence-electron chi connectivity index (χ1n) is 11.9. The molecule has 0 fully saturated rings. The summed E-state index contributed by atoms with van der Waals surface area (Å²) in [6.45, 7) is 8.56. The topological polar surface area (TPSA) is 95.5 Å². The van der Waals surface area contributed by atoms with Crippen LogP contribution in [0.4, 0.5) is 0 Å². The van der Waals surface area contributed by atoms with Gasteiger partial charge in [0.15, 0.2) is 0 Å². The van der Waals surface area contributed by atoms with E-state index in [0.717, 1.165) is 19.3 Å². The van der Waals surface area contributed by atoms with E-state index >= 15 is 0 Å². The minimum atomic E-state index is -1.38. The van der Waals surface area contributed by atoms with Crippen molar-refractivity contribution in [3.8, 4) is 0 Å². The molecule has 1 N–H and O–H groups in total. The Kier molecular flexibility index (Phi) is 31.9. The number of aliphatic carboxylic acids is 2. The van der Waals surface area contributed by atoms with Crippen LogP contribution in [0.15, 0.2) is 0 Å². The molecule has 0 bridgehead atoms. The summed E-state index contributed by atoms with van der Waals surface area (Å²) in [5, 5.41) is 24.0. The fraction of sp³-hybridized carbons (Fsp3) is 0.913. The van der Waals surface area contributed by atoms with E-state index in [1.807, 2.05) is 0 Å². The second kappa shape index (κ2) is 27.1. The van der Waals surface area contributed by atoms with E-state index in [1.54, 1.807) is 0 Å². The second-order valence-electron chi connectivity index (χ2n) is 8.02. The molecule has 0 radical (unpaired) electrons. The number of rotatable bonds is 22. The maximum Gasteiger partial charge on any atom is 1.00 e. The predicted octanol–water partition coefficient (Wildman–Crippen LogP) is -3.74. The summed E-state index contributed by atoms with van der Waals surface area (Å²) in [6, 6.07) is -1.15. The van der Waals surface area contributed by atoms with Crippen LogP contribution in [0.1, 0.15) is 104 Å². The summed E-state index contributed by atoms with van der Waals surface area (Å²) in [6.07, 6.45) is 15.8. The third-order valence-electron chi connectivity index (χ3n) is 5.59. The predicted molar refractivity (Wildman–Crippen MR) is 114 cm³/mol. The minimum Gasteiger partial charge on any atom is -0.550 e. The third-order valence-corrected chi connectivity index (χ3v) is 5.59. The van der Waals surface area contributed by atoms with Crippen LogP contribution in [0.2, 0.25) is 0 Å². The minimum absolute atomic E-state index is 0. The van der Waals surface area contributed by atoms with Gasteiger partial charge in [0.1, 0.15) is 0 Å². The third kappa shape index (κ3) is 25.3. The van der Waals surface area contributed by atoms with Crippen molar-refractivity contribution in [2.75, 3.05) is 26.2 Å². The van der Waals surface area contributed by atoms with Gasteiger partial charge in [-0.2, -0.15) is 0 Å². The number of carbonyl (C=O) groups excluding carboxylic acids is 2. The number of hydrogen-bond donors (Lipinski definition) is 1. The van der Waals surface area contributed by atoms with Gasteiger partial charge in [-0.05, 0) is 39.0 Å². The Labute approximate surface area is 235 Å². The summed E-state index contributed by atoms with van der Waals surface area (Å²) in [5.41, 5.74) is 0. The molecule has 0 saturated carbocycles. The number of nitrogens with zero attached hydrogens (tertiary/aromatic N) is 1. The molecule has 0 aromatic carbocycles. The molecule has 0 aliphatic carbocycles. The molecule has 0 rings (SSSR count). The van der Waals surface area contributed by atoms with Gasteiger partial charge in [-0.1, -0.05) is 84.5 Å². The van der Waals surface area contributed by atoms with Gasteiger partial charge in [-0.15, -0.1) is 0 Å². The van der Waals surface area contributed by atoms with Crippen LogP contribution >= 0.6 is 0 Å². The van der Waals surface area contributed by atoms with Crippen LogP contribution in [0, 0.1) is 0 Å². The van der Waals surface area contributed by atoms with Crippen molar-refractivity contribution in [2.45, 2.75) is 110 Å². The van der Waals surface area contributed by atoms with Crippen molar-refractivity contribution in [1.82, 2.24) is 10.2 Å². The molecule has 172 valence electrons. The molecule has 0 aliphatic heterocycles. The van der Waals surface area contributed by atoms with Crippen molar-refractivity contribution in [2.24, 2.45) is 0 Å². The fourth-order valence-corrected chi connectivity index (χ4v) is 3.63. The number of hydrogen-bond acceptors (Lipinski definition) is 6. The fourth-order valence-electron chi connectivity index (χ4n) is 3.63. The zero-order valence-corrected chi connectivity index (χ0v) is 24.9. The van der Waals surface area contributed by atoms with Gasteiger partial charge >= 0.3 is 59.1 Å². The molecule has 0 aliphatic rings. The monoisotopic (exact) mass is 458 g/mol. The molecule has 1 unspecified atom stereocenters. The van der Waals surface area contributed by atoms with Crippen LogP contribution in [0.3, 0.4) is 0 Å². The summed E-state index contributed by atoms with van der Waals surface area (Å²) in [7, 11) is 0. The van der Waals surface area contributed by atoms with Crippen molar-refractivity contribution < 1.29 is 78.9 Å². The van der Waals surface area contributed by atoms with E-state index in [-0.39, 0.29) is 59.1 Å². The van der Waals surface area contributed by atoms with E-state index in [9.17, 15) is 19.8 Å². The average molecular weight is 459 g/mol. The van der Waals surface area contributed by atoms with Crippen LogP contribution in [0.5, 0.6) is 0 Å². The summed E-state index contributed by atoms with van der Waals surface area (Å²) >= 11 is 0. The molecule has 6 nitrogen and oxygen atoms in total. The Balaban J connectivity index is -0.00000392. The molecule has 0 aromatic rings. The second-order valence-corrected chi connectivity index (χ2v) is 8.02. The van der Waals surface area contributed by atoms with Crippen LogP contribution in [-0.2, 0) is 9.59 Å². The van der Waals surface area contributed by atoms with Gasteiger partial charge in [0.05, 0.1) is 12.0 Å². The molecule has 0 saturated heterocycles. The van der Waals surface area contributed by atoms with Gasteiger partial charge in [-0.25, -0.2) is 0 Å². The maximum atomic E-state index is 10.8. The molecule has 0 heterocycles. The first-order valence-corrected chi connectivity index (χ1v) is 11.9. The van der Waals surface area contributed by atoms with Gasteiger partial charge in [0, 0.05) is 12.4 Å². The molecule has 0 aromatic heterocycles. The number of nitrogens with one attached hydrogen (secondary N) is 1. The smallest absolute Gasteiger partial charge is 0.550 e. The van der Waals surface area contributed by atoms with Crippen molar-refractivity contribution in [3.05, 3.63) is 0 Å². The number of unbranched alkanes of at least 4 members (excludes halogenated alkanes) is 12. The Bertz CT molecular complexity index is 411. The van der Waals surface area contributed by atoms with Crippen LogP contribution < -0.4 is 74.6 Å².